The summed E-state index contributed by atoms with van der Waals surface area (Å²) in [5, 5.41) is -0.548. The second kappa shape index (κ2) is 5.07. The van der Waals surface area contributed by atoms with Crippen LogP contribution < -0.4 is 0 Å². The van der Waals surface area contributed by atoms with E-state index in [1.54, 1.807) is 0 Å². The van der Waals surface area contributed by atoms with Gasteiger partial charge in [0, 0.05) is 13.6 Å². The minimum Gasteiger partial charge on any atom is -0.211 e. The molecule has 1 aromatic carbocycles. The van der Waals surface area contributed by atoms with Gasteiger partial charge in [0.2, 0.25) is 10.0 Å². The summed E-state index contributed by atoms with van der Waals surface area (Å²) in [6, 6.07) is 3.22. The molecule has 0 atom stereocenters. The summed E-state index contributed by atoms with van der Waals surface area (Å²) < 4.78 is 49.0. The van der Waals surface area contributed by atoms with Gasteiger partial charge in [-0.15, -0.1) is 11.6 Å². The number of hydrogen-bond donors (Lipinski definition) is 0. The van der Waals surface area contributed by atoms with Gasteiger partial charge in [-0.2, -0.15) is 4.31 Å². The van der Waals surface area contributed by atoms with Crippen molar-refractivity contribution in [2.45, 2.75) is 6.54 Å². The van der Waals surface area contributed by atoms with Crippen LogP contribution in [0.5, 0.6) is 0 Å². The molecule has 0 spiro atoms. The molecule has 0 radical (unpaired) electrons. The van der Waals surface area contributed by atoms with Crippen molar-refractivity contribution in [1.82, 2.24) is 4.31 Å². The van der Waals surface area contributed by atoms with E-state index in [4.69, 9.17) is 11.6 Å². The van der Waals surface area contributed by atoms with E-state index in [1.807, 2.05) is 0 Å². The molecule has 0 aliphatic carbocycles. The van der Waals surface area contributed by atoms with Crippen LogP contribution >= 0.6 is 11.6 Å². The topological polar surface area (TPSA) is 37.4 Å². The molecule has 0 aliphatic rings. The zero-order valence-corrected chi connectivity index (χ0v) is 10.0. The van der Waals surface area contributed by atoms with Crippen molar-refractivity contribution in [3.63, 3.8) is 0 Å². The molecule has 1 aromatic rings. The lowest BCUT2D eigenvalue weighted by atomic mass is 10.2. The molecule has 0 saturated carbocycles. The van der Waals surface area contributed by atoms with Crippen LogP contribution in [0.2, 0.25) is 0 Å². The van der Waals surface area contributed by atoms with Crippen molar-refractivity contribution >= 4 is 21.6 Å². The number of sulfonamides is 1. The summed E-state index contributed by atoms with van der Waals surface area (Å²) in [5.74, 6) is -1.97. The third kappa shape index (κ3) is 3.13. The van der Waals surface area contributed by atoms with E-state index in [-0.39, 0.29) is 6.54 Å². The van der Waals surface area contributed by atoms with Crippen molar-refractivity contribution in [3.05, 3.63) is 35.4 Å². The Bertz CT molecular complexity index is 478. The molecule has 16 heavy (non-hydrogen) atoms. The molecule has 1 rings (SSSR count). The van der Waals surface area contributed by atoms with Crippen LogP contribution in [0.15, 0.2) is 18.2 Å². The molecular weight excluding hydrogens is 260 g/mol. The number of rotatable bonds is 4. The summed E-state index contributed by atoms with van der Waals surface area (Å²) in [7, 11) is -2.22. The third-order valence-corrected chi connectivity index (χ3v) is 4.18. The van der Waals surface area contributed by atoms with Crippen molar-refractivity contribution in [2.75, 3.05) is 12.3 Å². The Morgan fingerprint density at radius 2 is 1.94 bits per heavy atom. The van der Waals surface area contributed by atoms with Gasteiger partial charge in [-0.3, -0.25) is 0 Å². The first kappa shape index (κ1) is 13.3. The lowest BCUT2D eigenvalue weighted by Crippen LogP contribution is -2.27. The monoisotopic (exact) mass is 269 g/mol. The molecule has 0 aliphatic heterocycles. The normalized spacial score (nSPS) is 12.1. The zero-order valence-electron chi connectivity index (χ0n) is 8.45. The minimum atomic E-state index is -3.54. The van der Waals surface area contributed by atoms with Crippen molar-refractivity contribution in [3.8, 4) is 0 Å². The highest BCUT2D eigenvalue weighted by molar-refractivity contribution is 7.90. The van der Waals surface area contributed by atoms with Gasteiger partial charge in [-0.25, -0.2) is 17.2 Å². The van der Waals surface area contributed by atoms with E-state index in [0.29, 0.717) is 5.56 Å². The van der Waals surface area contributed by atoms with Crippen molar-refractivity contribution < 1.29 is 17.2 Å². The van der Waals surface area contributed by atoms with Gasteiger partial charge in [-0.1, -0.05) is 6.07 Å². The molecule has 0 amide bonds. The Morgan fingerprint density at radius 3 is 2.44 bits per heavy atom. The van der Waals surface area contributed by atoms with Crippen LogP contribution in [0.1, 0.15) is 5.56 Å². The molecule has 0 N–H and O–H groups in total. The molecule has 3 nitrogen and oxygen atoms in total. The maximum Gasteiger partial charge on any atom is 0.228 e. The highest BCUT2D eigenvalue weighted by Gasteiger charge is 2.16. The van der Waals surface area contributed by atoms with Crippen LogP contribution in [0.4, 0.5) is 8.78 Å². The van der Waals surface area contributed by atoms with E-state index in [2.05, 4.69) is 0 Å². The third-order valence-electron chi connectivity index (χ3n) is 2.00. The van der Waals surface area contributed by atoms with E-state index in [9.17, 15) is 17.2 Å². The van der Waals surface area contributed by atoms with Gasteiger partial charge in [0.15, 0.2) is 11.6 Å². The zero-order chi connectivity index (χ0) is 12.3. The molecule has 0 unspecified atom stereocenters. The lowest BCUT2D eigenvalue weighted by molar-refractivity contribution is 0.465. The van der Waals surface area contributed by atoms with Crippen LogP contribution in [-0.4, -0.2) is 25.0 Å². The quantitative estimate of drug-likeness (QED) is 0.783. The van der Waals surface area contributed by atoms with E-state index < -0.39 is 26.9 Å². The molecule has 0 saturated heterocycles. The second-order valence-corrected chi connectivity index (χ2v) is 5.89. The first-order valence-electron chi connectivity index (χ1n) is 4.30. The second-order valence-electron chi connectivity index (χ2n) is 3.23. The molecular formula is C9H10ClF2NO2S. The molecule has 0 aromatic heterocycles. The maximum atomic E-state index is 12.8. The number of alkyl halides is 1. The highest BCUT2D eigenvalue weighted by atomic mass is 35.5. The number of benzene rings is 1. The van der Waals surface area contributed by atoms with Gasteiger partial charge in [0.05, 0.1) is 0 Å². The van der Waals surface area contributed by atoms with Crippen molar-refractivity contribution in [1.29, 1.82) is 0 Å². The standard InChI is InChI=1S/C9H10ClF2NO2S/c1-13(16(14,15)6-10)5-7-2-3-8(11)9(12)4-7/h2-4H,5-6H2,1H3. The fourth-order valence-electron chi connectivity index (χ4n) is 1.08. The Hall–Kier alpha value is -0.720. The average molecular weight is 270 g/mol. The van der Waals surface area contributed by atoms with Gasteiger partial charge in [-0.05, 0) is 17.7 Å². The molecule has 90 valence electrons. The SMILES string of the molecule is CN(Cc1ccc(F)c(F)c1)S(=O)(=O)CCl. The lowest BCUT2D eigenvalue weighted by Gasteiger charge is -2.15. The van der Waals surface area contributed by atoms with Crippen LogP contribution in [0, 0.1) is 11.6 Å². The predicted octanol–water partition coefficient (Wildman–Crippen LogP) is 1.92. The Labute approximate surface area is 97.7 Å². The van der Waals surface area contributed by atoms with Crippen LogP contribution in [-0.2, 0) is 16.6 Å². The largest absolute Gasteiger partial charge is 0.228 e. The van der Waals surface area contributed by atoms with Crippen LogP contribution in [0.25, 0.3) is 0 Å². The summed E-state index contributed by atoms with van der Waals surface area (Å²) in [4.78, 5) is 0. The number of nitrogens with zero attached hydrogens (tertiary/aromatic N) is 1. The van der Waals surface area contributed by atoms with E-state index in [1.165, 1.54) is 13.1 Å². The summed E-state index contributed by atoms with van der Waals surface area (Å²) in [6.07, 6.45) is 0. The van der Waals surface area contributed by atoms with Gasteiger partial charge < -0.3 is 0 Å². The molecule has 0 bridgehead atoms. The Morgan fingerprint density at radius 1 is 1.31 bits per heavy atom. The molecule has 7 heteroatoms. The molecule has 0 fully saturated rings. The summed E-state index contributed by atoms with van der Waals surface area (Å²) in [5.41, 5.74) is 0.357. The molecule has 0 heterocycles. The van der Waals surface area contributed by atoms with Gasteiger partial charge in [0.25, 0.3) is 0 Å². The Balaban J connectivity index is 2.86. The van der Waals surface area contributed by atoms with E-state index >= 15 is 0 Å². The van der Waals surface area contributed by atoms with Gasteiger partial charge >= 0.3 is 0 Å². The van der Waals surface area contributed by atoms with E-state index in [0.717, 1.165) is 16.4 Å². The first-order chi connectivity index (χ1) is 7.36. The minimum absolute atomic E-state index is 0.0494. The van der Waals surface area contributed by atoms with Gasteiger partial charge in [0.1, 0.15) is 5.21 Å². The maximum absolute atomic E-state index is 12.8. The van der Waals surface area contributed by atoms with Crippen LogP contribution in [0.3, 0.4) is 0 Å². The fraction of sp³-hybridized carbons (Fsp3) is 0.333. The summed E-state index contributed by atoms with van der Waals surface area (Å²) >= 11 is 5.25. The predicted molar refractivity (Wildman–Crippen MR) is 57.5 cm³/mol. The average Bonchev–Trinajstić information content (AvgIpc) is 2.23. The summed E-state index contributed by atoms with van der Waals surface area (Å²) in [6.45, 7) is -0.0494. The highest BCUT2D eigenvalue weighted by Crippen LogP contribution is 2.12. The number of halogens is 3. The Kier molecular flexibility index (Phi) is 4.23. The van der Waals surface area contributed by atoms with Crippen molar-refractivity contribution in [2.24, 2.45) is 0 Å². The first-order valence-corrected chi connectivity index (χ1v) is 6.45. The number of hydrogen-bond acceptors (Lipinski definition) is 2. The smallest absolute Gasteiger partial charge is 0.211 e. The fourth-order valence-corrected chi connectivity index (χ4v) is 2.09.